The zero-order valence-corrected chi connectivity index (χ0v) is 21.6. The number of nitrogens with zero attached hydrogens (tertiary/aromatic N) is 5. The van der Waals surface area contributed by atoms with Crippen LogP contribution in [-0.4, -0.2) is 39.0 Å². The van der Waals surface area contributed by atoms with Crippen LogP contribution in [0.25, 0.3) is 16.8 Å². The molecule has 4 rings (SSSR count). The Morgan fingerprint density at radius 1 is 1.03 bits per heavy atom. The first-order valence-corrected chi connectivity index (χ1v) is 12.3. The van der Waals surface area contributed by atoms with Crippen molar-refractivity contribution in [3.8, 4) is 16.8 Å². The van der Waals surface area contributed by atoms with Gasteiger partial charge >= 0.3 is 5.97 Å². The van der Waals surface area contributed by atoms with E-state index in [9.17, 15) is 4.79 Å². The minimum Gasteiger partial charge on any atom is -0.361 e. The van der Waals surface area contributed by atoms with E-state index in [-0.39, 0.29) is 0 Å². The Bertz CT molecular complexity index is 1280. The Morgan fingerprint density at radius 2 is 1.78 bits per heavy atom. The summed E-state index contributed by atoms with van der Waals surface area (Å²) in [5, 5.41) is 14.0. The third-order valence-electron chi connectivity index (χ3n) is 5.98. The summed E-state index contributed by atoms with van der Waals surface area (Å²) in [7, 11) is 0. The lowest BCUT2D eigenvalue weighted by molar-refractivity contribution is -0.270. The number of carbonyl (C=O) groups is 1. The second kappa shape index (κ2) is 12.2. The van der Waals surface area contributed by atoms with Gasteiger partial charge in [-0.2, -0.15) is 4.89 Å². The molecule has 10 nitrogen and oxygen atoms in total. The van der Waals surface area contributed by atoms with Crippen molar-refractivity contribution in [2.75, 3.05) is 23.6 Å². The van der Waals surface area contributed by atoms with Crippen LogP contribution >= 0.6 is 0 Å². The highest BCUT2D eigenvalue weighted by atomic mass is 17.2. The zero-order valence-electron chi connectivity index (χ0n) is 21.6. The number of benzene rings is 2. The molecule has 0 aliphatic heterocycles. The normalized spacial score (nSPS) is 10.9. The molecule has 0 saturated heterocycles. The van der Waals surface area contributed by atoms with E-state index in [0.29, 0.717) is 6.61 Å². The first-order valence-electron chi connectivity index (χ1n) is 12.3. The van der Waals surface area contributed by atoms with Crippen molar-refractivity contribution in [2.24, 2.45) is 0 Å². The summed E-state index contributed by atoms with van der Waals surface area (Å²) in [6.07, 6.45) is 5.95. The van der Waals surface area contributed by atoms with Crippen LogP contribution in [0.5, 0.6) is 0 Å². The van der Waals surface area contributed by atoms with Crippen LogP contribution in [0.1, 0.15) is 43.2 Å². The van der Waals surface area contributed by atoms with Gasteiger partial charge in [0, 0.05) is 24.7 Å². The van der Waals surface area contributed by atoms with Gasteiger partial charge in [0.2, 0.25) is 0 Å². The number of rotatable bonds is 12. The summed E-state index contributed by atoms with van der Waals surface area (Å²) in [4.78, 5) is 20.3. The van der Waals surface area contributed by atoms with Crippen LogP contribution in [0.15, 0.2) is 59.6 Å². The quantitative estimate of drug-likeness (QED) is 0.155. The van der Waals surface area contributed by atoms with Gasteiger partial charge in [0.05, 0.1) is 23.7 Å². The minimum atomic E-state index is -0.445. The largest absolute Gasteiger partial charge is 0.361 e. The van der Waals surface area contributed by atoms with Gasteiger partial charge < -0.3 is 4.52 Å². The maximum Gasteiger partial charge on any atom is 0.339 e. The lowest BCUT2D eigenvalue weighted by Gasteiger charge is -2.28. The molecular formula is C27H32N6O4. The second-order valence-corrected chi connectivity index (χ2v) is 8.84. The van der Waals surface area contributed by atoms with Gasteiger partial charge in [0.1, 0.15) is 18.4 Å². The second-order valence-electron chi connectivity index (χ2n) is 8.84. The van der Waals surface area contributed by atoms with Crippen molar-refractivity contribution in [1.82, 2.24) is 19.9 Å². The molecular weight excluding hydrogens is 472 g/mol. The average molecular weight is 505 g/mol. The Morgan fingerprint density at radius 3 is 2.46 bits per heavy atom. The van der Waals surface area contributed by atoms with Gasteiger partial charge in [-0.15, -0.1) is 10.2 Å². The number of hydrogen-bond acceptors (Lipinski definition) is 9. The van der Waals surface area contributed by atoms with Crippen LogP contribution in [0.2, 0.25) is 0 Å². The van der Waals surface area contributed by atoms with E-state index in [2.05, 4.69) is 67.9 Å². The topological polar surface area (TPSA) is 108 Å². The number of anilines is 2. The standard InChI is InChI=1S/C27H32N6O4/c1-19-8-9-23(27-20(2)31-36-21(27)3)16-26(19)30-33(14-6-5-7-15-35-37-22(4)34)25-12-10-24(11-13-25)32-17-28-29-18-32/h8-13,16-18,30H,5-7,14-15H2,1-4H3. The predicted octanol–water partition coefficient (Wildman–Crippen LogP) is 5.35. The highest BCUT2D eigenvalue weighted by Gasteiger charge is 2.15. The molecule has 2 aromatic heterocycles. The van der Waals surface area contributed by atoms with Crippen molar-refractivity contribution in [1.29, 1.82) is 0 Å². The molecule has 0 aliphatic carbocycles. The summed E-state index contributed by atoms with van der Waals surface area (Å²) in [6, 6.07) is 14.5. The molecule has 10 heteroatoms. The van der Waals surface area contributed by atoms with Gasteiger partial charge in [-0.3, -0.25) is 19.9 Å². The number of unbranched alkanes of at least 4 members (excludes halogenated alkanes) is 2. The molecule has 1 N–H and O–H groups in total. The molecule has 0 atom stereocenters. The maximum atomic E-state index is 10.8. The smallest absolute Gasteiger partial charge is 0.339 e. The first kappa shape index (κ1) is 25.9. The molecule has 194 valence electrons. The summed E-state index contributed by atoms with van der Waals surface area (Å²) in [5.41, 5.74) is 10.7. The third kappa shape index (κ3) is 6.73. The summed E-state index contributed by atoms with van der Waals surface area (Å²) >= 11 is 0. The van der Waals surface area contributed by atoms with Crippen LogP contribution in [-0.2, 0) is 14.6 Å². The van der Waals surface area contributed by atoms with E-state index >= 15 is 0 Å². The molecule has 4 aromatic rings. The van der Waals surface area contributed by atoms with Crippen molar-refractivity contribution in [3.05, 3.63) is 72.1 Å². The fourth-order valence-electron chi connectivity index (χ4n) is 4.06. The van der Waals surface area contributed by atoms with Crippen LogP contribution in [0.4, 0.5) is 11.4 Å². The van der Waals surface area contributed by atoms with E-state index in [0.717, 1.165) is 71.0 Å². The molecule has 0 unspecified atom stereocenters. The van der Waals surface area contributed by atoms with Crippen molar-refractivity contribution in [3.63, 3.8) is 0 Å². The van der Waals surface area contributed by atoms with Gasteiger partial charge in [0.25, 0.3) is 0 Å². The molecule has 0 radical (unpaired) electrons. The van der Waals surface area contributed by atoms with E-state index in [1.807, 2.05) is 30.5 Å². The Labute approximate surface area is 216 Å². The third-order valence-corrected chi connectivity index (χ3v) is 5.98. The molecule has 2 aromatic carbocycles. The number of aryl methyl sites for hydroxylation is 3. The van der Waals surface area contributed by atoms with Crippen molar-refractivity contribution >= 4 is 17.3 Å². The molecule has 0 saturated carbocycles. The highest BCUT2D eigenvalue weighted by molar-refractivity contribution is 5.73. The lowest BCUT2D eigenvalue weighted by Crippen LogP contribution is -2.31. The van der Waals surface area contributed by atoms with Gasteiger partial charge in [-0.25, -0.2) is 4.79 Å². The first-order chi connectivity index (χ1) is 17.9. The highest BCUT2D eigenvalue weighted by Crippen LogP contribution is 2.31. The van der Waals surface area contributed by atoms with Gasteiger partial charge in [-0.05, 0) is 81.5 Å². The van der Waals surface area contributed by atoms with Crippen LogP contribution < -0.4 is 10.4 Å². The summed E-state index contributed by atoms with van der Waals surface area (Å²) < 4.78 is 7.25. The van der Waals surface area contributed by atoms with Crippen LogP contribution in [0, 0.1) is 20.8 Å². The van der Waals surface area contributed by atoms with Crippen LogP contribution in [0.3, 0.4) is 0 Å². The molecule has 0 fully saturated rings. The number of nitrogens with one attached hydrogen (secondary N) is 1. The zero-order chi connectivity index (χ0) is 26.2. The average Bonchev–Trinajstić information content (AvgIpc) is 3.54. The number of hydrazine groups is 1. The molecule has 37 heavy (non-hydrogen) atoms. The van der Waals surface area contributed by atoms with Crippen molar-refractivity contribution in [2.45, 2.75) is 47.0 Å². The van der Waals surface area contributed by atoms with Crippen molar-refractivity contribution < 1.29 is 19.1 Å². The molecule has 2 heterocycles. The number of hydrogen-bond donors (Lipinski definition) is 1. The molecule has 0 spiro atoms. The number of carbonyl (C=O) groups excluding carboxylic acids is 1. The minimum absolute atomic E-state index is 0.374. The summed E-state index contributed by atoms with van der Waals surface area (Å²) in [6.45, 7) is 8.42. The maximum absolute atomic E-state index is 10.8. The van der Waals surface area contributed by atoms with Gasteiger partial charge in [0.15, 0.2) is 0 Å². The van der Waals surface area contributed by atoms with E-state index in [1.165, 1.54) is 6.92 Å². The van der Waals surface area contributed by atoms with E-state index in [1.54, 1.807) is 12.7 Å². The SMILES string of the molecule is CC(=O)OOCCCCCN(Nc1cc(-c2c(C)noc2C)ccc1C)c1ccc(-n2cnnc2)cc1. The summed E-state index contributed by atoms with van der Waals surface area (Å²) in [5.74, 6) is 0.351. The van der Waals surface area contributed by atoms with Gasteiger partial charge in [-0.1, -0.05) is 17.3 Å². The Hall–Kier alpha value is -4.18. The molecule has 0 amide bonds. The van der Waals surface area contributed by atoms with E-state index < -0.39 is 5.97 Å². The Kier molecular flexibility index (Phi) is 8.52. The van der Waals surface area contributed by atoms with E-state index in [4.69, 9.17) is 9.41 Å². The Balaban J connectivity index is 1.51. The molecule has 0 bridgehead atoms. The fraction of sp³-hybridized carbons (Fsp3) is 0.333. The fourth-order valence-corrected chi connectivity index (χ4v) is 4.06. The molecule has 0 aliphatic rings. The lowest BCUT2D eigenvalue weighted by atomic mass is 10.0. The predicted molar refractivity (Wildman–Crippen MR) is 140 cm³/mol. The monoisotopic (exact) mass is 504 g/mol. The number of aromatic nitrogens is 4.